The highest BCUT2D eigenvalue weighted by Gasteiger charge is 2.22. The number of Topliss-reactive ketones (excluding diaryl/α,β-unsaturated/α-hetero) is 2. The van der Waals surface area contributed by atoms with Gasteiger partial charge >= 0.3 is 0 Å². The van der Waals surface area contributed by atoms with Gasteiger partial charge in [0.1, 0.15) is 5.25 Å². The zero-order valence-corrected chi connectivity index (χ0v) is 13.5. The van der Waals surface area contributed by atoms with Gasteiger partial charge in [-0.1, -0.05) is 41.3 Å². The fourth-order valence-corrected chi connectivity index (χ4v) is 3.52. The van der Waals surface area contributed by atoms with Crippen LogP contribution in [0.25, 0.3) is 0 Å². The first-order chi connectivity index (χ1) is 9.97. The highest BCUT2D eigenvalue weighted by molar-refractivity contribution is 8.03. The zero-order valence-electron chi connectivity index (χ0n) is 11.9. The molecule has 1 N–H and O–H groups in total. The van der Waals surface area contributed by atoms with Crippen LogP contribution in [0.15, 0.2) is 28.6 Å². The predicted molar refractivity (Wildman–Crippen MR) is 85.4 cm³/mol. The summed E-state index contributed by atoms with van der Waals surface area (Å²) in [5.41, 5.74) is 2.06. The normalized spacial score (nSPS) is 10.7. The van der Waals surface area contributed by atoms with E-state index in [1.807, 2.05) is 31.2 Å². The van der Waals surface area contributed by atoms with Gasteiger partial charge in [0.25, 0.3) is 0 Å². The summed E-state index contributed by atoms with van der Waals surface area (Å²) in [6.45, 7) is 4.82. The van der Waals surface area contributed by atoms with Gasteiger partial charge < -0.3 is 5.32 Å². The summed E-state index contributed by atoms with van der Waals surface area (Å²) in [5.74, 6) is -0.341. The Morgan fingerprint density at radius 1 is 1.19 bits per heavy atom. The number of nitrogens with one attached hydrogen (secondary N) is 1. The van der Waals surface area contributed by atoms with Gasteiger partial charge in [0.05, 0.1) is 0 Å². The average molecular weight is 321 g/mol. The van der Waals surface area contributed by atoms with Crippen molar-refractivity contribution in [1.29, 1.82) is 0 Å². The number of carbonyl (C=O) groups is 2. The molecule has 0 aliphatic rings. The van der Waals surface area contributed by atoms with E-state index in [9.17, 15) is 9.59 Å². The first-order valence-corrected chi connectivity index (χ1v) is 8.00. The molecule has 0 radical (unpaired) electrons. The Labute approximate surface area is 131 Å². The fraction of sp³-hybridized carbons (Fsp3) is 0.286. The second-order valence-corrected chi connectivity index (χ2v) is 6.86. The van der Waals surface area contributed by atoms with Gasteiger partial charge in [0.15, 0.2) is 15.9 Å². The number of carbonyl (C=O) groups excluding carboxylic acids is 2. The minimum absolute atomic E-state index is 0.170. The molecule has 0 amide bonds. The third-order valence-electron chi connectivity index (χ3n) is 2.75. The highest BCUT2D eigenvalue weighted by Crippen LogP contribution is 2.31. The number of aryl methyl sites for hydroxylation is 1. The van der Waals surface area contributed by atoms with Gasteiger partial charge in [-0.3, -0.25) is 9.59 Å². The second-order valence-electron chi connectivity index (χ2n) is 4.53. The molecule has 1 aromatic heterocycles. The molecule has 7 heteroatoms. The molecule has 0 unspecified atom stereocenters. The minimum atomic E-state index is -0.704. The number of benzene rings is 1. The molecule has 21 heavy (non-hydrogen) atoms. The standard InChI is InChI=1S/C14H15N3O2S2/c1-8-6-4-5-7-11(8)15-13-16-17-14(21-13)20-12(9(2)18)10(3)19/h4-7,12H,1-3H3,(H,15,16). The summed E-state index contributed by atoms with van der Waals surface area (Å²) < 4.78 is 0.599. The van der Waals surface area contributed by atoms with Crippen LogP contribution in [-0.4, -0.2) is 27.0 Å². The molecule has 0 atom stereocenters. The Bertz CT molecular complexity index is 656. The van der Waals surface area contributed by atoms with Crippen molar-refractivity contribution in [2.24, 2.45) is 0 Å². The van der Waals surface area contributed by atoms with Crippen LogP contribution in [0.1, 0.15) is 19.4 Å². The number of nitrogens with zero attached hydrogens (tertiary/aromatic N) is 2. The molecule has 0 fully saturated rings. The maximum absolute atomic E-state index is 11.4. The summed E-state index contributed by atoms with van der Waals surface area (Å²) in [6.07, 6.45) is 0. The smallest absolute Gasteiger partial charge is 0.210 e. The quantitative estimate of drug-likeness (QED) is 0.650. The molecule has 2 aromatic rings. The lowest BCUT2D eigenvalue weighted by Crippen LogP contribution is -2.21. The molecular formula is C14H15N3O2S2. The van der Waals surface area contributed by atoms with Gasteiger partial charge in [-0.05, 0) is 32.4 Å². The van der Waals surface area contributed by atoms with E-state index in [1.165, 1.54) is 25.2 Å². The molecule has 1 aromatic carbocycles. The van der Waals surface area contributed by atoms with Crippen molar-refractivity contribution >= 4 is 45.5 Å². The molecule has 110 valence electrons. The molecule has 2 rings (SSSR count). The van der Waals surface area contributed by atoms with E-state index < -0.39 is 5.25 Å². The predicted octanol–water partition coefficient (Wildman–Crippen LogP) is 3.23. The van der Waals surface area contributed by atoms with Crippen LogP contribution < -0.4 is 5.32 Å². The van der Waals surface area contributed by atoms with Gasteiger partial charge in [-0.2, -0.15) is 0 Å². The lowest BCUT2D eigenvalue weighted by molar-refractivity contribution is -0.123. The summed E-state index contributed by atoms with van der Waals surface area (Å²) in [7, 11) is 0. The van der Waals surface area contributed by atoms with Crippen molar-refractivity contribution in [3.63, 3.8) is 0 Å². The largest absolute Gasteiger partial charge is 0.330 e. The van der Waals surface area contributed by atoms with Crippen molar-refractivity contribution < 1.29 is 9.59 Å². The van der Waals surface area contributed by atoms with Crippen LogP contribution in [-0.2, 0) is 9.59 Å². The SMILES string of the molecule is CC(=O)C(Sc1nnc(Nc2ccccc2C)s1)C(C)=O. The summed E-state index contributed by atoms with van der Waals surface area (Å²) in [4.78, 5) is 22.9. The maximum Gasteiger partial charge on any atom is 0.210 e. The Morgan fingerprint density at radius 2 is 1.86 bits per heavy atom. The van der Waals surface area contributed by atoms with E-state index in [0.29, 0.717) is 9.47 Å². The highest BCUT2D eigenvalue weighted by atomic mass is 32.2. The molecule has 0 saturated heterocycles. The van der Waals surface area contributed by atoms with E-state index in [2.05, 4.69) is 15.5 Å². The Balaban J connectivity index is 2.10. The molecule has 0 aliphatic heterocycles. The number of hydrogen-bond acceptors (Lipinski definition) is 7. The molecule has 0 aliphatic carbocycles. The van der Waals surface area contributed by atoms with Crippen LogP contribution in [0.3, 0.4) is 0 Å². The van der Waals surface area contributed by atoms with Crippen molar-refractivity contribution in [2.45, 2.75) is 30.4 Å². The van der Waals surface area contributed by atoms with Gasteiger partial charge in [-0.25, -0.2) is 0 Å². The molecule has 0 spiro atoms. The summed E-state index contributed by atoms with van der Waals surface area (Å²) in [6, 6.07) is 7.86. The van der Waals surface area contributed by atoms with Gasteiger partial charge in [-0.15, -0.1) is 10.2 Å². The van der Waals surface area contributed by atoms with Crippen molar-refractivity contribution in [3.05, 3.63) is 29.8 Å². The van der Waals surface area contributed by atoms with Crippen molar-refractivity contribution in [3.8, 4) is 0 Å². The van der Waals surface area contributed by atoms with Crippen molar-refractivity contribution in [1.82, 2.24) is 10.2 Å². The number of hydrogen-bond donors (Lipinski definition) is 1. The number of ketones is 2. The lowest BCUT2D eigenvalue weighted by atomic mass is 10.2. The van der Waals surface area contributed by atoms with E-state index in [0.717, 1.165) is 23.0 Å². The third-order valence-corrected chi connectivity index (χ3v) is 5.11. The molecular weight excluding hydrogens is 306 g/mol. The molecule has 0 bridgehead atoms. The van der Waals surface area contributed by atoms with E-state index in [1.54, 1.807) is 0 Å². The maximum atomic E-state index is 11.4. The van der Waals surface area contributed by atoms with Crippen molar-refractivity contribution in [2.75, 3.05) is 5.32 Å². The Hall–Kier alpha value is -1.73. The first-order valence-electron chi connectivity index (χ1n) is 6.31. The average Bonchev–Trinajstić information content (AvgIpc) is 2.85. The van der Waals surface area contributed by atoms with Crippen LogP contribution >= 0.6 is 23.1 Å². The van der Waals surface area contributed by atoms with Crippen LogP contribution in [0.4, 0.5) is 10.8 Å². The molecule has 5 nitrogen and oxygen atoms in total. The van der Waals surface area contributed by atoms with Crippen LogP contribution in [0, 0.1) is 6.92 Å². The first kappa shape index (κ1) is 15.7. The topological polar surface area (TPSA) is 72.0 Å². The van der Waals surface area contributed by atoms with E-state index in [-0.39, 0.29) is 11.6 Å². The number of thioether (sulfide) groups is 1. The Morgan fingerprint density at radius 3 is 2.48 bits per heavy atom. The lowest BCUT2D eigenvalue weighted by Gasteiger charge is -2.06. The van der Waals surface area contributed by atoms with Gasteiger partial charge in [0.2, 0.25) is 5.13 Å². The van der Waals surface area contributed by atoms with E-state index >= 15 is 0 Å². The van der Waals surface area contributed by atoms with E-state index in [4.69, 9.17) is 0 Å². The number of aromatic nitrogens is 2. The Kier molecular flexibility index (Phi) is 5.08. The monoisotopic (exact) mass is 321 g/mol. The molecule has 0 saturated carbocycles. The van der Waals surface area contributed by atoms with Crippen LogP contribution in [0.2, 0.25) is 0 Å². The second kappa shape index (κ2) is 6.82. The number of anilines is 2. The number of para-hydroxylation sites is 1. The summed E-state index contributed by atoms with van der Waals surface area (Å²) >= 11 is 2.47. The summed E-state index contributed by atoms with van der Waals surface area (Å²) in [5, 5.41) is 11.2. The zero-order chi connectivity index (χ0) is 15.4. The third kappa shape index (κ3) is 4.12. The van der Waals surface area contributed by atoms with Gasteiger partial charge in [0, 0.05) is 5.69 Å². The molecule has 1 heterocycles. The van der Waals surface area contributed by atoms with Crippen LogP contribution in [0.5, 0.6) is 0 Å². The number of rotatable bonds is 6. The minimum Gasteiger partial charge on any atom is -0.330 e. The fourth-order valence-electron chi connectivity index (χ4n) is 1.69.